The van der Waals surface area contributed by atoms with E-state index in [1.165, 1.54) is 0 Å². The van der Waals surface area contributed by atoms with Gasteiger partial charge in [-0.05, 0) is 68.8 Å². The van der Waals surface area contributed by atoms with Crippen molar-refractivity contribution >= 4 is 17.9 Å². The molecule has 1 N–H and O–H groups in total. The second kappa shape index (κ2) is 8.74. The lowest BCUT2D eigenvalue weighted by molar-refractivity contribution is -0.00893. The molecule has 1 aromatic heterocycles. The highest BCUT2D eigenvalue weighted by Crippen LogP contribution is 2.40. The third kappa shape index (κ3) is 5.36. The van der Waals surface area contributed by atoms with E-state index < -0.39 is 11.7 Å². The molecule has 0 aromatic carbocycles. The molecule has 0 aliphatic heterocycles. The molecule has 4 unspecified atom stereocenters. The topological polar surface area (TPSA) is 84.2 Å². The Kier molecular flexibility index (Phi) is 6.90. The number of hydrogen-bond acceptors (Lipinski definition) is 6. The van der Waals surface area contributed by atoms with Crippen molar-refractivity contribution in [3.8, 4) is 5.40 Å². The van der Waals surface area contributed by atoms with Crippen LogP contribution in [0.3, 0.4) is 0 Å². The molecular formula is C19H27N3O3S. The summed E-state index contributed by atoms with van der Waals surface area (Å²) in [5, 5.41) is 14.2. The Labute approximate surface area is 159 Å². The molecule has 0 radical (unpaired) electrons. The Morgan fingerprint density at radius 1 is 1.42 bits per heavy atom. The zero-order chi connectivity index (χ0) is 19.3. The summed E-state index contributed by atoms with van der Waals surface area (Å²) in [4.78, 5) is 17.3. The minimum absolute atomic E-state index is 0.0762. The van der Waals surface area contributed by atoms with E-state index in [0.29, 0.717) is 0 Å². The van der Waals surface area contributed by atoms with Crippen LogP contribution >= 0.6 is 11.8 Å². The molecule has 0 spiro atoms. The van der Waals surface area contributed by atoms with Gasteiger partial charge in [0.15, 0.2) is 0 Å². The highest BCUT2D eigenvalue weighted by molar-refractivity contribution is 8.03. The molecule has 26 heavy (non-hydrogen) atoms. The maximum Gasteiger partial charge on any atom is 0.407 e. The predicted octanol–water partition coefficient (Wildman–Crippen LogP) is 4.08. The average Bonchev–Trinajstić information content (AvgIpc) is 2.53. The van der Waals surface area contributed by atoms with Crippen LogP contribution in [-0.4, -0.2) is 35.9 Å². The Morgan fingerprint density at radius 2 is 2.15 bits per heavy atom. The number of nitrogens with zero attached hydrogens (tertiary/aromatic N) is 2. The monoisotopic (exact) mass is 377 g/mol. The van der Waals surface area contributed by atoms with Crippen LogP contribution < -0.4 is 5.32 Å². The summed E-state index contributed by atoms with van der Waals surface area (Å²) >= 11 is 1.13. The molecule has 0 bridgehead atoms. The lowest BCUT2D eigenvalue weighted by Gasteiger charge is -2.40. The first-order valence-electron chi connectivity index (χ1n) is 8.77. The number of carbonyl (C=O) groups excluding carboxylic acids is 1. The van der Waals surface area contributed by atoms with Crippen molar-refractivity contribution in [2.45, 2.75) is 69.1 Å². The fraction of sp³-hybridized carbons (Fsp3) is 0.632. The molecule has 7 heteroatoms. The zero-order valence-electron chi connectivity index (χ0n) is 16.0. The number of aromatic nitrogens is 1. The van der Waals surface area contributed by atoms with E-state index in [2.05, 4.69) is 22.6 Å². The van der Waals surface area contributed by atoms with Gasteiger partial charge in [0.2, 0.25) is 0 Å². The summed E-state index contributed by atoms with van der Waals surface area (Å²) in [6.07, 6.45) is 4.62. The Bertz CT molecular complexity index is 669. The second-order valence-corrected chi connectivity index (χ2v) is 8.53. The average molecular weight is 378 g/mol. The second-order valence-electron chi connectivity index (χ2n) is 7.71. The van der Waals surface area contributed by atoms with E-state index in [0.717, 1.165) is 35.1 Å². The lowest BCUT2D eigenvalue weighted by Crippen LogP contribution is -2.51. The lowest BCUT2D eigenvalue weighted by atomic mass is 9.74. The normalized spacial score (nSPS) is 26.0. The molecule has 6 nitrogen and oxygen atoms in total. The Hall–Kier alpha value is -1.78. The summed E-state index contributed by atoms with van der Waals surface area (Å²) in [5.41, 5.74) is 0.553. The van der Waals surface area contributed by atoms with Crippen LogP contribution in [0.1, 0.15) is 52.0 Å². The van der Waals surface area contributed by atoms with Crippen molar-refractivity contribution in [2.75, 3.05) is 7.11 Å². The van der Waals surface area contributed by atoms with Gasteiger partial charge in [-0.2, -0.15) is 5.26 Å². The largest absolute Gasteiger partial charge is 0.444 e. The van der Waals surface area contributed by atoms with Crippen molar-refractivity contribution < 1.29 is 14.3 Å². The van der Waals surface area contributed by atoms with Crippen LogP contribution in [-0.2, 0) is 9.47 Å². The first kappa shape index (κ1) is 20.5. The van der Waals surface area contributed by atoms with E-state index in [1.54, 1.807) is 19.5 Å². The van der Waals surface area contributed by atoms with Gasteiger partial charge in [-0.25, -0.2) is 4.79 Å². The Morgan fingerprint density at radius 3 is 2.77 bits per heavy atom. The molecule has 1 amide bonds. The van der Waals surface area contributed by atoms with Crippen LogP contribution in [0.25, 0.3) is 0 Å². The summed E-state index contributed by atoms with van der Waals surface area (Å²) < 4.78 is 11.1. The SMILES string of the molecule is COC1C(C)CC(c2ccncc2SC#N)CC1NC(=O)OC(C)(C)C. The number of hydrogen-bond donors (Lipinski definition) is 1. The molecule has 0 saturated heterocycles. The van der Waals surface area contributed by atoms with Gasteiger partial charge in [0.25, 0.3) is 0 Å². The fourth-order valence-electron chi connectivity index (χ4n) is 3.63. The molecule has 1 aliphatic carbocycles. The number of rotatable bonds is 4. The molecule has 1 saturated carbocycles. The summed E-state index contributed by atoms with van der Waals surface area (Å²) in [6.45, 7) is 7.65. The quantitative estimate of drug-likeness (QED) is 0.629. The molecule has 4 atom stereocenters. The van der Waals surface area contributed by atoms with E-state index in [4.69, 9.17) is 14.7 Å². The number of nitrogens with one attached hydrogen (secondary N) is 1. The fourth-order valence-corrected chi connectivity index (χ4v) is 4.19. The third-order valence-electron chi connectivity index (χ3n) is 4.54. The standard InChI is InChI=1S/C19H27N3O3S/c1-12-8-13(14-6-7-21-10-16(14)26-11-20)9-15(17(12)24-5)22-18(23)25-19(2,3)4/h6-7,10,12-13,15,17H,8-9H2,1-5H3,(H,22,23). The van der Waals surface area contributed by atoms with Crippen LogP contribution in [0, 0.1) is 16.6 Å². The molecule has 1 fully saturated rings. The summed E-state index contributed by atoms with van der Waals surface area (Å²) in [7, 11) is 1.68. The van der Waals surface area contributed by atoms with Gasteiger partial charge < -0.3 is 14.8 Å². The maximum absolute atomic E-state index is 12.3. The predicted molar refractivity (Wildman–Crippen MR) is 101 cm³/mol. The smallest absolute Gasteiger partial charge is 0.407 e. The van der Waals surface area contributed by atoms with E-state index in [-0.39, 0.29) is 24.0 Å². The van der Waals surface area contributed by atoms with Gasteiger partial charge in [-0.15, -0.1) is 0 Å². The van der Waals surface area contributed by atoms with Crippen molar-refractivity contribution in [3.63, 3.8) is 0 Å². The van der Waals surface area contributed by atoms with E-state index >= 15 is 0 Å². The Balaban J connectivity index is 2.20. The van der Waals surface area contributed by atoms with Crippen molar-refractivity contribution in [1.82, 2.24) is 10.3 Å². The van der Waals surface area contributed by atoms with Crippen molar-refractivity contribution in [1.29, 1.82) is 5.26 Å². The van der Waals surface area contributed by atoms with Crippen LogP contribution in [0.2, 0.25) is 0 Å². The zero-order valence-corrected chi connectivity index (χ0v) is 16.8. The van der Waals surface area contributed by atoms with Gasteiger partial charge in [-0.1, -0.05) is 6.92 Å². The summed E-state index contributed by atoms with van der Waals surface area (Å²) in [5.74, 6) is 0.474. The molecular weight excluding hydrogens is 350 g/mol. The maximum atomic E-state index is 12.3. The van der Waals surface area contributed by atoms with Crippen LogP contribution in [0.5, 0.6) is 0 Å². The minimum Gasteiger partial charge on any atom is -0.444 e. The molecule has 1 aromatic rings. The number of ether oxygens (including phenoxy) is 2. The molecule has 2 rings (SSSR count). The molecule has 1 aliphatic rings. The minimum atomic E-state index is -0.548. The summed E-state index contributed by atoms with van der Waals surface area (Å²) in [6, 6.07) is 1.81. The van der Waals surface area contributed by atoms with E-state index in [1.807, 2.05) is 26.8 Å². The molecule has 142 valence electrons. The number of nitriles is 1. The van der Waals surface area contributed by atoms with Gasteiger partial charge >= 0.3 is 6.09 Å². The number of pyridine rings is 1. The van der Waals surface area contributed by atoms with Gasteiger partial charge in [-0.3, -0.25) is 4.98 Å². The van der Waals surface area contributed by atoms with Crippen molar-refractivity contribution in [3.05, 3.63) is 24.0 Å². The first-order chi connectivity index (χ1) is 12.2. The molecule has 1 heterocycles. The number of methoxy groups -OCH3 is 1. The van der Waals surface area contributed by atoms with Crippen LogP contribution in [0.4, 0.5) is 4.79 Å². The number of thioether (sulfide) groups is 1. The van der Waals surface area contributed by atoms with Crippen molar-refractivity contribution in [2.24, 2.45) is 5.92 Å². The van der Waals surface area contributed by atoms with E-state index in [9.17, 15) is 4.79 Å². The van der Waals surface area contributed by atoms with Crippen LogP contribution in [0.15, 0.2) is 23.4 Å². The first-order valence-corrected chi connectivity index (χ1v) is 9.59. The number of carbonyl (C=O) groups is 1. The van der Waals surface area contributed by atoms with Gasteiger partial charge in [0, 0.05) is 24.4 Å². The number of thiocyanates is 1. The highest BCUT2D eigenvalue weighted by Gasteiger charge is 2.38. The number of amides is 1. The van der Waals surface area contributed by atoms with Gasteiger partial charge in [0.05, 0.1) is 12.1 Å². The number of alkyl carbamates (subject to hydrolysis) is 1. The highest BCUT2D eigenvalue weighted by atomic mass is 32.2. The van der Waals surface area contributed by atoms with Gasteiger partial charge in [0.1, 0.15) is 11.0 Å². The third-order valence-corrected chi connectivity index (χ3v) is 5.19.